The molecule has 0 atom stereocenters. The number of pyridine rings is 1. The van der Waals surface area contributed by atoms with E-state index >= 15 is 0 Å². The summed E-state index contributed by atoms with van der Waals surface area (Å²) in [6, 6.07) is 9.15. The maximum atomic E-state index is 11.5. The lowest BCUT2D eigenvalue weighted by atomic mass is 10.1. The van der Waals surface area contributed by atoms with Crippen LogP contribution in [0.4, 0.5) is 11.4 Å². The highest BCUT2D eigenvalue weighted by Crippen LogP contribution is 2.31. The van der Waals surface area contributed by atoms with Gasteiger partial charge in [0.15, 0.2) is 0 Å². The molecule has 2 rings (SSSR count). The fraction of sp³-hybridized carbons (Fsp3) is 0.267. The summed E-state index contributed by atoms with van der Waals surface area (Å²) >= 11 is 3.38. The molecule has 0 radical (unpaired) electrons. The quantitative estimate of drug-likeness (QED) is 0.313. The maximum Gasteiger partial charge on any atom is 0.342 e. The van der Waals surface area contributed by atoms with Gasteiger partial charge in [0, 0.05) is 25.5 Å². The summed E-state index contributed by atoms with van der Waals surface area (Å²) in [5.74, 6) is 0. The first-order valence-corrected chi connectivity index (χ1v) is 9.08. The largest absolute Gasteiger partial charge is 0.372 e. The van der Waals surface area contributed by atoms with Gasteiger partial charge in [-0.15, -0.1) is 10.2 Å². The molecule has 0 aliphatic carbocycles. The number of nitrogens with zero attached hydrogens (tertiary/aromatic N) is 3. The minimum atomic E-state index is -4.94. The zero-order chi connectivity index (χ0) is 20.2. The van der Waals surface area contributed by atoms with Crippen LogP contribution >= 0.6 is 15.9 Å². The first-order chi connectivity index (χ1) is 11.8. The van der Waals surface area contributed by atoms with E-state index in [0.717, 1.165) is 21.4 Å². The summed E-state index contributed by atoms with van der Waals surface area (Å²) in [6.45, 7) is 1.96. The molecular weight excluding hydrogens is 434 g/mol. The van der Waals surface area contributed by atoms with E-state index in [1.54, 1.807) is 6.07 Å². The Labute approximate surface area is 160 Å². The number of benzene rings is 1. The Hall–Kier alpha value is -1.82. The predicted octanol–water partition coefficient (Wildman–Crippen LogP) is -1.53. The molecule has 0 aliphatic rings. The van der Waals surface area contributed by atoms with E-state index in [9.17, 15) is 10.1 Å². The van der Waals surface area contributed by atoms with Gasteiger partial charge >= 0.3 is 5.69 Å². The Balaban J connectivity index is 0.000000597. The summed E-state index contributed by atoms with van der Waals surface area (Å²) in [5, 5.41) is 11.5. The summed E-state index contributed by atoms with van der Waals surface area (Å²) in [5.41, 5.74) is 3.35. The van der Waals surface area contributed by atoms with Crippen molar-refractivity contribution < 1.29 is 38.4 Å². The predicted molar refractivity (Wildman–Crippen MR) is 86.5 cm³/mol. The third-order valence-electron chi connectivity index (χ3n) is 3.52. The molecule has 0 saturated carbocycles. The molecule has 11 heteroatoms. The number of anilines is 1. The second-order valence-electron chi connectivity index (χ2n) is 5.44. The SMILES string of the molecule is Cc1c(N(C)C)cc([N+](=O)[O-])c(-c2ccc(Br)cc2)[n+]1C.[O-][Cl+3]([O-])([O-])[O-]. The van der Waals surface area contributed by atoms with Crippen LogP contribution < -0.4 is 28.1 Å². The Kier molecular flexibility index (Phi) is 7.45. The van der Waals surface area contributed by atoms with E-state index in [2.05, 4.69) is 15.9 Å². The highest BCUT2D eigenvalue weighted by molar-refractivity contribution is 9.10. The molecule has 0 unspecified atom stereocenters. The topological polar surface area (TPSA) is 142 Å². The number of hydrogen-bond acceptors (Lipinski definition) is 7. The first-order valence-electron chi connectivity index (χ1n) is 7.06. The molecule has 1 heterocycles. The molecule has 142 valence electrons. The van der Waals surface area contributed by atoms with Gasteiger partial charge in [0.25, 0.3) is 5.69 Å². The van der Waals surface area contributed by atoms with E-state index < -0.39 is 10.2 Å². The minimum Gasteiger partial charge on any atom is -0.372 e. The van der Waals surface area contributed by atoms with E-state index in [1.807, 2.05) is 61.8 Å². The van der Waals surface area contributed by atoms with Crippen LogP contribution in [0.15, 0.2) is 34.8 Å². The number of halogens is 2. The fourth-order valence-electron chi connectivity index (χ4n) is 2.35. The van der Waals surface area contributed by atoms with Gasteiger partial charge in [-0.25, -0.2) is 18.6 Å². The molecule has 1 aromatic heterocycles. The van der Waals surface area contributed by atoms with Crippen LogP contribution in [0.5, 0.6) is 0 Å². The summed E-state index contributed by atoms with van der Waals surface area (Å²) in [6.07, 6.45) is 0. The molecule has 0 aliphatic heterocycles. The van der Waals surface area contributed by atoms with Crippen molar-refractivity contribution in [3.8, 4) is 11.3 Å². The van der Waals surface area contributed by atoms with E-state index in [-0.39, 0.29) is 10.6 Å². The average Bonchev–Trinajstić information content (AvgIpc) is 2.48. The number of aromatic nitrogens is 1. The Morgan fingerprint density at radius 3 is 1.96 bits per heavy atom. The normalized spacial score (nSPS) is 10.8. The van der Waals surface area contributed by atoms with Gasteiger partial charge in [-0.05, 0) is 24.3 Å². The number of hydrogen-bond donors (Lipinski definition) is 0. The van der Waals surface area contributed by atoms with E-state index in [0.29, 0.717) is 5.69 Å². The van der Waals surface area contributed by atoms with E-state index in [4.69, 9.17) is 18.6 Å². The standard InChI is InChI=1S/C15H17BrN3O2.ClHO4/c1-10-13(17(2)3)9-14(19(20)21)15(18(10)4)11-5-7-12(16)8-6-11;2-1(3,4)5/h5-9H,1-4H3;(H,2,3,4,5)/q+1;/p-1. The number of rotatable bonds is 3. The van der Waals surface area contributed by atoms with Gasteiger partial charge in [-0.3, -0.25) is 10.1 Å². The third kappa shape index (κ3) is 6.16. The zero-order valence-electron chi connectivity index (χ0n) is 14.4. The van der Waals surface area contributed by atoms with Crippen molar-refractivity contribution in [1.29, 1.82) is 0 Å². The average molecular weight is 451 g/mol. The second-order valence-corrected chi connectivity index (χ2v) is 7.12. The van der Waals surface area contributed by atoms with Gasteiger partial charge in [-0.2, -0.15) is 4.57 Å². The monoisotopic (exact) mass is 449 g/mol. The van der Waals surface area contributed by atoms with Crippen molar-refractivity contribution in [2.45, 2.75) is 6.92 Å². The van der Waals surface area contributed by atoms with Crippen LogP contribution in [0, 0.1) is 27.3 Å². The Bertz CT molecular complexity index is 787. The summed E-state index contributed by atoms with van der Waals surface area (Å²) in [4.78, 5) is 13.0. The molecule has 2 aromatic rings. The highest BCUT2D eigenvalue weighted by Gasteiger charge is 2.30. The highest BCUT2D eigenvalue weighted by atomic mass is 79.9. The molecule has 26 heavy (non-hydrogen) atoms. The lowest BCUT2D eigenvalue weighted by Crippen LogP contribution is -2.68. The lowest BCUT2D eigenvalue weighted by Gasteiger charge is -2.17. The van der Waals surface area contributed by atoms with Crippen LogP contribution in [0.25, 0.3) is 11.3 Å². The molecule has 0 amide bonds. The van der Waals surface area contributed by atoms with Crippen LogP contribution in [0.3, 0.4) is 0 Å². The van der Waals surface area contributed by atoms with Crippen molar-refractivity contribution in [2.75, 3.05) is 19.0 Å². The van der Waals surface area contributed by atoms with Crippen molar-refractivity contribution in [1.82, 2.24) is 0 Å². The lowest BCUT2D eigenvalue weighted by molar-refractivity contribution is -2.00. The van der Waals surface area contributed by atoms with Crippen molar-refractivity contribution in [3.63, 3.8) is 0 Å². The molecule has 0 fully saturated rings. The van der Waals surface area contributed by atoms with Crippen LogP contribution in [0.2, 0.25) is 0 Å². The van der Waals surface area contributed by atoms with Crippen molar-refractivity contribution >= 4 is 27.3 Å². The maximum absolute atomic E-state index is 11.5. The van der Waals surface area contributed by atoms with Gasteiger partial charge in [-0.1, -0.05) is 15.9 Å². The Morgan fingerprint density at radius 1 is 1.12 bits per heavy atom. The Morgan fingerprint density at radius 2 is 1.58 bits per heavy atom. The van der Waals surface area contributed by atoms with Crippen molar-refractivity contribution in [2.24, 2.45) is 7.05 Å². The zero-order valence-corrected chi connectivity index (χ0v) is 16.8. The summed E-state index contributed by atoms with van der Waals surface area (Å²) in [7, 11) is 0.670. The van der Waals surface area contributed by atoms with Crippen LogP contribution in [-0.2, 0) is 7.05 Å². The second kappa shape index (κ2) is 8.71. The smallest absolute Gasteiger partial charge is 0.342 e. The van der Waals surface area contributed by atoms with Crippen LogP contribution in [-0.4, -0.2) is 19.0 Å². The molecule has 0 N–H and O–H groups in total. The molecule has 0 saturated heterocycles. The van der Waals surface area contributed by atoms with E-state index in [1.165, 1.54) is 0 Å². The summed E-state index contributed by atoms with van der Waals surface area (Å²) < 4.78 is 36.8. The molecule has 1 aromatic carbocycles. The molecule has 0 bridgehead atoms. The molecule has 9 nitrogen and oxygen atoms in total. The molecular formula is C15H17BrClN3O6. The molecule has 0 spiro atoms. The van der Waals surface area contributed by atoms with Crippen molar-refractivity contribution in [3.05, 3.63) is 50.6 Å². The first kappa shape index (κ1) is 22.2. The van der Waals surface area contributed by atoms with Crippen LogP contribution in [0.1, 0.15) is 5.69 Å². The third-order valence-corrected chi connectivity index (χ3v) is 4.05. The van der Waals surface area contributed by atoms with Gasteiger partial charge < -0.3 is 4.90 Å². The van der Waals surface area contributed by atoms with Gasteiger partial charge in [0.2, 0.25) is 5.69 Å². The van der Waals surface area contributed by atoms with Gasteiger partial charge in [0.1, 0.15) is 12.7 Å². The fourth-order valence-corrected chi connectivity index (χ4v) is 2.62. The number of nitro groups is 1. The minimum absolute atomic E-state index is 0.106. The van der Waals surface area contributed by atoms with Gasteiger partial charge in [0.05, 0.1) is 16.6 Å².